The van der Waals surface area contributed by atoms with Crippen molar-refractivity contribution in [3.05, 3.63) is 34.9 Å². The molecule has 0 radical (unpaired) electrons. The highest BCUT2D eigenvalue weighted by Crippen LogP contribution is 2.30. The van der Waals surface area contributed by atoms with E-state index in [1.165, 1.54) is 0 Å². The van der Waals surface area contributed by atoms with E-state index in [1.807, 2.05) is 39.0 Å². The van der Waals surface area contributed by atoms with Crippen LogP contribution in [-0.2, 0) is 0 Å². The van der Waals surface area contributed by atoms with Crippen molar-refractivity contribution in [3.8, 4) is 0 Å². The summed E-state index contributed by atoms with van der Waals surface area (Å²) in [5.74, 6) is 0. The highest BCUT2D eigenvalue weighted by molar-refractivity contribution is 5.36. The molecule has 0 aromatic heterocycles. The van der Waals surface area contributed by atoms with E-state index < -0.39 is 12.6 Å². The van der Waals surface area contributed by atoms with Crippen molar-refractivity contribution in [1.82, 2.24) is 5.32 Å². The van der Waals surface area contributed by atoms with Crippen LogP contribution >= 0.6 is 0 Å². The van der Waals surface area contributed by atoms with Gasteiger partial charge in [-0.3, -0.25) is 0 Å². The molecule has 0 saturated heterocycles. The van der Waals surface area contributed by atoms with Gasteiger partial charge in [-0.1, -0.05) is 25.1 Å². The van der Waals surface area contributed by atoms with E-state index >= 15 is 0 Å². The van der Waals surface area contributed by atoms with Crippen LogP contribution in [-0.4, -0.2) is 12.7 Å². The van der Waals surface area contributed by atoms with E-state index in [9.17, 15) is 13.2 Å². The lowest BCUT2D eigenvalue weighted by atomic mass is 9.93. The maximum absolute atomic E-state index is 12.4. The Morgan fingerprint density at radius 3 is 2.21 bits per heavy atom. The Hall–Kier alpha value is -1.03. The normalized spacial score (nSPS) is 13.6. The predicted octanol–water partition coefficient (Wildman–Crippen LogP) is 4.69. The van der Waals surface area contributed by atoms with Crippen LogP contribution in [0.5, 0.6) is 0 Å². The summed E-state index contributed by atoms with van der Waals surface area (Å²) in [6.45, 7) is 6.65. The van der Waals surface area contributed by atoms with E-state index in [-0.39, 0.29) is 12.5 Å². The highest BCUT2D eigenvalue weighted by Gasteiger charge is 2.29. The van der Waals surface area contributed by atoms with Gasteiger partial charge < -0.3 is 5.32 Å². The van der Waals surface area contributed by atoms with Gasteiger partial charge in [0.15, 0.2) is 0 Å². The van der Waals surface area contributed by atoms with Crippen molar-refractivity contribution in [2.45, 2.75) is 52.3 Å². The highest BCUT2D eigenvalue weighted by atomic mass is 19.4. The summed E-state index contributed by atoms with van der Waals surface area (Å²) in [7, 11) is 0. The Labute approximate surface area is 113 Å². The average Bonchev–Trinajstić information content (AvgIpc) is 2.30. The molecule has 1 atom stereocenters. The van der Waals surface area contributed by atoms with Crippen molar-refractivity contribution < 1.29 is 13.2 Å². The quantitative estimate of drug-likeness (QED) is 0.793. The summed E-state index contributed by atoms with van der Waals surface area (Å²) in [5.41, 5.74) is 3.12. The Bertz CT molecular complexity index is 379. The first-order chi connectivity index (χ1) is 8.85. The molecule has 0 aliphatic rings. The first kappa shape index (κ1) is 16.0. The predicted molar refractivity (Wildman–Crippen MR) is 72.2 cm³/mol. The molecule has 0 fully saturated rings. The molecular weight excluding hydrogens is 251 g/mol. The lowest BCUT2D eigenvalue weighted by molar-refractivity contribution is -0.136. The molecular formula is C15H22F3N. The first-order valence-corrected chi connectivity index (χ1v) is 6.71. The van der Waals surface area contributed by atoms with Gasteiger partial charge in [0.1, 0.15) is 0 Å². The number of aryl methyl sites for hydroxylation is 2. The van der Waals surface area contributed by atoms with Crippen LogP contribution in [0.25, 0.3) is 0 Å². The Morgan fingerprint density at radius 2 is 1.74 bits per heavy atom. The fourth-order valence-electron chi connectivity index (χ4n) is 2.35. The fraction of sp³-hybridized carbons (Fsp3) is 0.600. The van der Waals surface area contributed by atoms with Gasteiger partial charge in [0.05, 0.1) is 0 Å². The van der Waals surface area contributed by atoms with Gasteiger partial charge in [0, 0.05) is 12.5 Å². The van der Waals surface area contributed by atoms with Gasteiger partial charge >= 0.3 is 6.18 Å². The minimum Gasteiger partial charge on any atom is -0.310 e. The molecule has 1 N–H and O–H groups in total. The molecule has 1 nitrogen and oxygen atoms in total. The van der Waals surface area contributed by atoms with Crippen molar-refractivity contribution in [2.75, 3.05) is 6.54 Å². The summed E-state index contributed by atoms with van der Waals surface area (Å²) >= 11 is 0. The zero-order valence-corrected chi connectivity index (χ0v) is 11.8. The van der Waals surface area contributed by atoms with Crippen LogP contribution in [0.1, 0.15) is 48.9 Å². The molecule has 0 bridgehead atoms. The maximum Gasteiger partial charge on any atom is 0.389 e. The number of halogens is 3. The van der Waals surface area contributed by atoms with Crippen LogP contribution < -0.4 is 5.32 Å². The summed E-state index contributed by atoms with van der Waals surface area (Å²) in [6.07, 6.45) is -3.84. The van der Waals surface area contributed by atoms with Gasteiger partial charge in [-0.2, -0.15) is 13.2 Å². The molecule has 1 aromatic carbocycles. The molecule has 108 valence electrons. The van der Waals surface area contributed by atoms with Crippen LogP contribution in [0.15, 0.2) is 18.2 Å². The average molecular weight is 273 g/mol. The second-order valence-corrected chi connectivity index (χ2v) is 4.97. The van der Waals surface area contributed by atoms with Crippen LogP contribution in [0, 0.1) is 13.8 Å². The molecule has 0 spiro atoms. The van der Waals surface area contributed by atoms with Crippen molar-refractivity contribution in [2.24, 2.45) is 0 Å². The minimum absolute atomic E-state index is 0.0925. The monoisotopic (exact) mass is 273 g/mol. The SMILES string of the molecule is CCCNC(CCC(F)(F)F)c1c(C)cccc1C. The fourth-order valence-corrected chi connectivity index (χ4v) is 2.35. The lowest BCUT2D eigenvalue weighted by Gasteiger charge is -2.23. The summed E-state index contributed by atoms with van der Waals surface area (Å²) in [5, 5.41) is 3.24. The number of alkyl halides is 3. The third-order valence-corrected chi connectivity index (χ3v) is 3.25. The van der Waals surface area contributed by atoms with Gasteiger partial charge in [0.2, 0.25) is 0 Å². The topological polar surface area (TPSA) is 12.0 Å². The zero-order chi connectivity index (χ0) is 14.5. The van der Waals surface area contributed by atoms with E-state index in [0.29, 0.717) is 0 Å². The summed E-state index contributed by atoms with van der Waals surface area (Å²) in [4.78, 5) is 0. The molecule has 1 unspecified atom stereocenters. The zero-order valence-electron chi connectivity index (χ0n) is 11.8. The minimum atomic E-state index is -4.09. The molecule has 19 heavy (non-hydrogen) atoms. The maximum atomic E-state index is 12.4. The smallest absolute Gasteiger partial charge is 0.310 e. The number of rotatable bonds is 6. The summed E-state index contributed by atoms with van der Waals surface area (Å²) < 4.78 is 37.3. The van der Waals surface area contributed by atoms with Gasteiger partial charge in [-0.25, -0.2) is 0 Å². The second-order valence-electron chi connectivity index (χ2n) is 4.97. The van der Waals surface area contributed by atoms with Crippen molar-refractivity contribution >= 4 is 0 Å². The Balaban J connectivity index is 2.89. The molecule has 0 aliphatic carbocycles. The Kier molecular flexibility index (Phi) is 5.85. The molecule has 0 amide bonds. The molecule has 4 heteroatoms. The molecule has 0 aliphatic heterocycles. The molecule has 1 aromatic rings. The third kappa shape index (κ3) is 5.23. The number of hydrogen-bond acceptors (Lipinski definition) is 1. The van der Waals surface area contributed by atoms with Crippen LogP contribution in [0.3, 0.4) is 0 Å². The van der Waals surface area contributed by atoms with E-state index in [2.05, 4.69) is 5.32 Å². The van der Waals surface area contributed by atoms with Gasteiger partial charge in [0.25, 0.3) is 0 Å². The van der Waals surface area contributed by atoms with E-state index in [0.717, 1.165) is 29.7 Å². The molecule has 0 heterocycles. The van der Waals surface area contributed by atoms with Crippen molar-refractivity contribution in [3.63, 3.8) is 0 Å². The van der Waals surface area contributed by atoms with Crippen LogP contribution in [0.2, 0.25) is 0 Å². The van der Waals surface area contributed by atoms with Crippen LogP contribution in [0.4, 0.5) is 13.2 Å². The van der Waals surface area contributed by atoms with Gasteiger partial charge in [-0.15, -0.1) is 0 Å². The lowest BCUT2D eigenvalue weighted by Crippen LogP contribution is -2.25. The number of nitrogens with one attached hydrogen (secondary N) is 1. The molecule has 0 saturated carbocycles. The number of benzene rings is 1. The second kappa shape index (κ2) is 6.94. The number of hydrogen-bond donors (Lipinski definition) is 1. The van der Waals surface area contributed by atoms with Crippen molar-refractivity contribution in [1.29, 1.82) is 0 Å². The summed E-state index contributed by atoms with van der Waals surface area (Å²) in [6, 6.07) is 5.63. The largest absolute Gasteiger partial charge is 0.389 e. The Morgan fingerprint density at radius 1 is 1.16 bits per heavy atom. The van der Waals surface area contributed by atoms with E-state index in [1.54, 1.807) is 0 Å². The van der Waals surface area contributed by atoms with E-state index in [4.69, 9.17) is 0 Å². The van der Waals surface area contributed by atoms with Gasteiger partial charge in [-0.05, 0) is 49.9 Å². The third-order valence-electron chi connectivity index (χ3n) is 3.25. The molecule has 1 rings (SSSR count). The first-order valence-electron chi connectivity index (χ1n) is 6.71. The standard InChI is InChI=1S/C15H22F3N/c1-4-10-19-13(8-9-15(16,17)18)14-11(2)6-5-7-12(14)3/h5-7,13,19H,4,8-10H2,1-3H3.